The highest BCUT2D eigenvalue weighted by atomic mass is 79.9. The molecule has 2 aromatic carbocycles. The van der Waals surface area contributed by atoms with Crippen molar-refractivity contribution in [2.45, 2.75) is 19.9 Å². The third-order valence-corrected chi connectivity index (χ3v) is 3.82. The maximum atomic E-state index is 13.0. The monoisotopic (exact) mass is 349 g/mol. The van der Waals surface area contributed by atoms with Gasteiger partial charge in [0.15, 0.2) is 0 Å². The molecule has 0 heterocycles. The van der Waals surface area contributed by atoms with E-state index in [1.165, 1.54) is 12.1 Å². The van der Waals surface area contributed by atoms with Crippen molar-refractivity contribution in [2.24, 2.45) is 5.92 Å². The standard InChI is InChI=1S/C17H17BrFNO/c1-11(2)16(12-5-9-15(19)10-6-12)20-17(21)13-3-7-14(18)8-4-13/h3-11,16H,1-2H3,(H,20,21). The average molecular weight is 350 g/mol. The van der Waals surface area contributed by atoms with Gasteiger partial charge in [-0.3, -0.25) is 4.79 Å². The first-order valence-corrected chi connectivity index (χ1v) is 7.58. The Labute approximate surface area is 132 Å². The van der Waals surface area contributed by atoms with Gasteiger partial charge in [-0.05, 0) is 47.9 Å². The van der Waals surface area contributed by atoms with Crippen LogP contribution in [0.25, 0.3) is 0 Å². The van der Waals surface area contributed by atoms with Gasteiger partial charge in [-0.2, -0.15) is 0 Å². The molecule has 21 heavy (non-hydrogen) atoms. The van der Waals surface area contributed by atoms with Gasteiger partial charge in [0, 0.05) is 10.0 Å². The summed E-state index contributed by atoms with van der Waals surface area (Å²) in [6, 6.07) is 13.3. The zero-order valence-corrected chi connectivity index (χ0v) is 13.5. The Morgan fingerprint density at radius 3 is 2.14 bits per heavy atom. The zero-order valence-electron chi connectivity index (χ0n) is 11.9. The number of benzene rings is 2. The zero-order chi connectivity index (χ0) is 15.4. The molecule has 0 aliphatic heterocycles. The quantitative estimate of drug-likeness (QED) is 0.850. The summed E-state index contributed by atoms with van der Waals surface area (Å²) in [5.41, 5.74) is 1.50. The number of hydrogen-bond acceptors (Lipinski definition) is 1. The van der Waals surface area contributed by atoms with Crippen molar-refractivity contribution in [2.75, 3.05) is 0 Å². The highest BCUT2D eigenvalue weighted by molar-refractivity contribution is 9.10. The van der Waals surface area contributed by atoms with E-state index in [4.69, 9.17) is 0 Å². The van der Waals surface area contributed by atoms with Gasteiger partial charge in [0.1, 0.15) is 5.82 Å². The molecular formula is C17H17BrFNO. The van der Waals surface area contributed by atoms with E-state index in [9.17, 15) is 9.18 Å². The topological polar surface area (TPSA) is 29.1 Å². The molecule has 0 aliphatic carbocycles. The molecule has 0 saturated carbocycles. The molecule has 1 unspecified atom stereocenters. The van der Waals surface area contributed by atoms with E-state index in [0.717, 1.165) is 10.0 Å². The lowest BCUT2D eigenvalue weighted by Gasteiger charge is -2.23. The molecule has 110 valence electrons. The minimum absolute atomic E-state index is 0.134. The summed E-state index contributed by atoms with van der Waals surface area (Å²) >= 11 is 3.34. The van der Waals surface area contributed by atoms with Gasteiger partial charge in [-0.25, -0.2) is 4.39 Å². The van der Waals surface area contributed by atoms with Gasteiger partial charge in [0.25, 0.3) is 5.91 Å². The molecule has 0 radical (unpaired) electrons. The second-order valence-corrected chi connectivity index (χ2v) is 6.17. The predicted molar refractivity (Wildman–Crippen MR) is 85.6 cm³/mol. The van der Waals surface area contributed by atoms with Gasteiger partial charge in [0.2, 0.25) is 0 Å². The van der Waals surface area contributed by atoms with Crippen molar-refractivity contribution in [3.8, 4) is 0 Å². The first-order chi connectivity index (χ1) is 9.97. The van der Waals surface area contributed by atoms with Crippen LogP contribution in [0, 0.1) is 11.7 Å². The number of hydrogen-bond donors (Lipinski definition) is 1. The van der Waals surface area contributed by atoms with E-state index in [1.807, 2.05) is 26.0 Å². The molecule has 4 heteroatoms. The van der Waals surface area contributed by atoms with Crippen molar-refractivity contribution in [3.63, 3.8) is 0 Å². The van der Waals surface area contributed by atoms with Crippen LogP contribution in [0.3, 0.4) is 0 Å². The van der Waals surface area contributed by atoms with Gasteiger partial charge in [0.05, 0.1) is 6.04 Å². The first kappa shape index (κ1) is 15.7. The molecule has 2 aromatic rings. The van der Waals surface area contributed by atoms with E-state index in [0.29, 0.717) is 5.56 Å². The number of halogens is 2. The number of carbonyl (C=O) groups is 1. The molecule has 0 fully saturated rings. The molecule has 0 aliphatic rings. The summed E-state index contributed by atoms with van der Waals surface area (Å²) < 4.78 is 14.0. The highest BCUT2D eigenvalue weighted by Gasteiger charge is 2.19. The van der Waals surface area contributed by atoms with E-state index in [-0.39, 0.29) is 23.7 Å². The molecule has 2 nitrogen and oxygen atoms in total. The minimum atomic E-state index is -0.277. The summed E-state index contributed by atoms with van der Waals surface area (Å²) in [7, 11) is 0. The van der Waals surface area contributed by atoms with E-state index in [1.54, 1.807) is 24.3 Å². The molecule has 1 N–H and O–H groups in total. The fourth-order valence-corrected chi connectivity index (χ4v) is 2.40. The average Bonchev–Trinajstić information content (AvgIpc) is 2.46. The summed E-state index contributed by atoms with van der Waals surface area (Å²) in [5.74, 6) is -0.208. The Balaban J connectivity index is 2.18. The number of nitrogens with one attached hydrogen (secondary N) is 1. The second kappa shape index (κ2) is 6.85. The Kier molecular flexibility index (Phi) is 5.12. The fraction of sp³-hybridized carbons (Fsp3) is 0.235. The number of rotatable bonds is 4. The smallest absolute Gasteiger partial charge is 0.251 e. The molecule has 1 atom stereocenters. The van der Waals surface area contributed by atoms with Gasteiger partial charge >= 0.3 is 0 Å². The lowest BCUT2D eigenvalue weighted by Crippen LogP contribution is -2.31. The van der Waals surface area contributed by atoms with Gasteiger partial charge in [-0.1, -0.05) is 41.9 Å². The maximum Gasteiger partial charge on any atom is 0.251 e. The van der Waals surface area contributed by atoms with Crippen LogP contribution in [-0.2, 0) is 0 Å². The predicted octanol–water partition coefficient (Wildman–Crippen LogP) is 4.72. The Bertz CT molecular complexity index is 608. The third-order valence-electron chi connectivity index (χ3n) is 3.29. The second-order valence-electron chi connectivity index (χ2n) is 5.25. The normalized spacial score (nSPS) is 12.2. The van der Waals surface area contributed by atoms with Crippen LogP contribution >= 0.6 is 15.9 Å². The van der Waals surface area contributed by atoms with Crippen LogP contribution in [0.15, 0.2) is 53.0 Å². The van der Waals surface area contributed by atoms with E-state index >= 15 is 0 Å². The molecular weight excluding hydrogens is 333 g/mol. The summed E-state index contributed by atoms with van der Waals surface area (Å²) in [5, 5.41) is 3.01. The summed E-state index contributed by atoms with van der Waals surface area (Å²) in [4.78, 5) is 12.3. The van der Waals surface area contributed by atoms with Crippen molar-refractivity contribution in [1.29, 1.82) is 0 Å². The summed E-state index contributed by atoms with van der Waals surface area (Å²) in [6.45, 7) is 4.05. The fourth-order valence-electron chi connectivity index (χ4n) is 2.13. The van der Waals surface area contributed by atoms with Crippen LogP contribution in [0.4, 0.5) is 4.39 Å². The molecule has 2 rings (SSSR count). The molecule has 1 amide bonds. The van der Waals surface area contributed by atoms with Crippen LogP contribution in [-0.4, -0.2) is 5.91 Å². The van der Waals surface area contributed by atoms with Crippen molar-refractivity contribution in [1.82, 2.24) is 5.32 Å². The lowest BCUT2D eigenvalue weighted by molar-refractivity contribution is 0.0925. The molecule has 0 saturated heterocycles. The van der Waals surface area contributed by atoms with Gasteiger partial charge < -0.3 is 5.32 Å². The molecule has 0 spiro atoms. The van der Waals surface area contributed by atoms with Crippen molar-refractivity contribution < 1.29 is 9.18 Å². The largest absolute Gasteiger partial charge is 0.345 e. The molecule has 0 bridgehead atoms. The summed E-state index contributed by atoms with van der Waals surface area (Å²) in [6.07, 6.45) is 0. The molecule has 0 aromatic heterocycles. The first-order valence-electron chi connectivity index (χ1n) is 6.79. The van der Waals surface area contributed by atoms with Crippen LogP contribution < -0.4 is 5.32 Å². The SMILES string of the molecule is CC(C)C(NC(=O)c1ccc(Br)cc1)c1ccc(F)cc1. The van der Waals surface area contributed by atoms with Crippen LogP contribution in [0.1, 0.15) is 35.8 Å². The van der Waals surface area contributed by atoms with Gasteiger partial charge in [-0.15, -0.1) is 0 Å². The Morgan fingerprint density at radius 2 is 1.62 bits per heavy atom. The van der Waals surface area contributed by atoms with E-state index < -0.39 is 0 Å². The van der Waals surface area contributed by atoms with E-state index in [2.05, 4.69) is 21.2 Å². The van der Waals surface area contributed by atoms with Crippen LogP contribution in [0.2, 0.25) is 0 Å². The number of carbonyl (C=O) groups excluding carboxylic acids is 1. The Morgan fingerprint density at radius 1 is 1.05 bits per heavy atom. The number of amides is 1. The Hall–Kier alpha value is -1.68. The lowest BCUT2D eigenvalue weighted by atomic mass is 9.95. The van der Waals surface area contributed by atoms with Crippen molar-refractivity contribution in [3.05, 3.63) is 69.9 Å². The van der Waals surface area contributed by atoms with Crippen LogP contribution in [0.5, 0.6) is 0 Å². The maximum absolute atomic E-state index is 13.0. The third kappa shape index (κ3) is 4.14. The highest BCUT2D eigenvalue weighted by Crippen LogP contribution is 2.22. The minimum Gasteiger partial charge on any atom is -0.345 e. The van der Waals surface area contributed by atoms with Crippen molar-refractivity contribution >= 4 is 21.8 Å².